The van der Waals surface area contributed by atoms with Crippen LogP contribution in [0.5, 0.6) is 0 Å². The number of phosphoric acid groups is 2. The second kappa shape index (κ2) is 12.4. The fraction of sp³-hybridized carbons (Fsp3) is 0.476. The zero-order valence-electron chi connectivity index (χ0n) is 22.2. The van der Waals surface area contributed by atoms with Gasteiger partial charge in [0.2, 0.25) is 11.7 Å². The van der Waals surface area contributed by atoms with Crippen LogP contribution in [0.25, 0.3) is 11.2 Å². The molecule has 9 N–H and O–H groups in total. The van der Waals surface area contributed by atoms with Crippen LogP contribution in [-0.4, -0.2) is 91.1 Å². The van der Waals surface area contributed by atoms with E-state index in [2.05, 4.69) is 28.3 Å². The molecule has 3 aromatic heterocycles. The fourth-order valence-electron chi connectivity index (χ4n) is 4.62. The SMILES string of the molecule is NC(=O)c1ccc[n+]([C@H]2O[C@@H](COP(=O)([O-])OP(=O)([O-])OC[C@H]3O[C@H]([n+]4c[nH]c5c(N)ncnc54)[C@@H](O)[C@H]3O)[C@@H](O)[C@H]2O)c1. The zero-order chi connectivity index (χ0) is 32.0. The van der Waals surface area contributed by atoms with Crippen molar-refractivity contribution in [1.29, 1.82) is 0 Å². The number of rotatable bonds is 11. The van der Waals surface area contributed by atoms with Crippen molar-refractivity contribution in [2.45, 2.75) is 49.1 Å². The number of aromatic nitrogens is 5. The standard InChI is InChI=1S/C21H27N7O14P2/c22-17-12-19(25-7-24-17)28(8-26-12)21-16(32)14(30)11(41-21)6-39-44(36,37)42-43(34,35)38-5-10-13(29)15(31)20(40-10)27-3-1-2-9(4-27)18(23)33/h1-4,7-8,10-11,13-16,20-21,29-32H,5-6H2,(H5-,22,23,24,25,33,34,35,36,37)/t10-,11+,13+,14-,15+,16-,20-,21-/m0/s1. The van der Waals surface area contributed by atoms with Gasteiger partial charge in [0, 0.05) is 6.07 Å². The first kappa shape index (κ1) is 32.4. The number of aromatic amines is 1. The highest BCUT2D eigenvalue weighted by atomic mass is 31.3. The van der Waals surface area contributed by atoms with Crippen molar-refractivity contribution in [3.8, 4) is 0 Å². The lowest BCUT2D eigenvalue weighted by molar-refractivity contribution is -0.765. The molecule has 5 rings (SSSR count). The minimum atomic E-state index is -5.68. The number of carbonyl (C=O) groups excluding carboxylic acids is 1. The van der Waals surface area contributed by atoms with Gasteiger partial charge in [0.15, 0.2) is 37.0 Å². The molecule has 0 aliphatic carbocycles. The van der Waals surface area contributed by atoms with Crippen LogP contribution in [-0.2, 0) is 32.0 Å². The number of fused-ring (bicyclic) bond motifs is 1. The summed E-state index contributed by atoms with van der Waals surface area (Å²) in [6.07, 6.45) is -7.03. The number of nitrogen functional groups attached to an aromatic ring is 1. The molecule has 2 fully saturated rings. The third-order valence-corrected chi connectivity index (χ3v) is 9.32. The summed E-state index contributed by atoms with van der Waals surface area (Å²) >= 11 is 0. The number of aliphatic hydroxyl groups excluding tert-OH is 4. The molecule has 5 heterocycles. The summed E-state index contributed by atoms with van der Waals surface area (Å²) < 4.78 is 51.2. The summed E-state index contributed by atoms with van der Waals surface area (Å²) in [7, 11) is -11.4. The molecule has 2 saturated heterocycles. The van der Waals surface area contributed by atoms with Gasteiger partial charge in [0.25, 0.3) is 27.8 Å². The van der Waals surface area contributed by atoms with Crippen LogP contribution in [0, 0.1) is 0 Å². The average Bonchev–Trinajstić information content (AvgIpc) is 3.61. The highest BCUT2D eigenvalue weighted by Gasteiger charge is 2.49. The summed E-state index contributed by atoms with van der Waals surface area (Å²) in [5, 5.41) is 41.5. The predicted octanol–water partition coefficient (Wildman–Crippen LogP) is -4.86. The van der Waals surface area contributed by atoms with E-state index in [4.69, 9.17) is 20.9 Å². The second-order valence-corrected chi connectivity index (χ2v) is 12.7. The Bertz CT molecular complexity index is 1630. The van der Waals surface area contributed by atoms with Gasteiger partial charge in [-0.05, 0) is 6.07 Å². The number of hydrogen-bond acceptors (Lipinski definition) is 17. The number of amides is 1. The number of primary amides is 1. The number of pyridine rings is 1. The van der Waals surface area contributed by atoms with Gasteiger partial charge in [0.1, 0.15) is 36.1 Å². The molecule has 0 bridgehead atoms. The second-order valence-electron chi connectivity index (χ2n) is 9.70. The maximum Gasteiger partial charge on any atom is 0.309 e. The molecule has 2 unspecified atom stereocenters. The Morgan fingerprint density at radius 2 is 1.59 bits per heavy atom. The smallest absolute Gasteiger partial charge is 0.309 e. The Morgan fingerprint density at radius 1 is 1.00 bits per heavy atom. The van der Waals surface area contributed by atoms with Crippen molar-refractivity contribution < 1.29 is 76.1 Å². The zero-order valence-corrected chi connectivity index (χ0v) is 24.0. The summed E-state index contributed by atoms with van der Waals surface area (Å²) in [6.45, 7) is -1.96. The topological polar surface area (TPSA) is 326 Å². The van der Waals surface area contributed by atoms with Crippen molar-refractivity contribution >= 4 is 38.5 Å². The van der Waals surface area contributed by atoms with Crippen LogP contribution >= 0.6 is 15.6 Å². The largest absolute Gasteiger partial charge is 0.756 e. The maximum atomic E-state index is 12.3. The van der Waals surface area contributed by atoms with E-state index < -0.39 is 83.8 Å². The molecule has 21 nitrogen and oxygen atoms in total. The van der Waals surface area contributed by atoms with Crippen molar-refractivity contribution in [2.75, 3.05) is 18.9 Å². The molecular formula is C21H27N7O14P2. The minimum absolute atomic E-state index is 0.0539. The number of nitrogens with one attached hydrogen (secondary N) is 1. The quantitative estimate of drug-likeness (QED) is 0.0747. The highest BCUT2D eigenvalue weighted by molar-refractivity contribution is 7.59. The lowest BCUT2D eigenvalue weighted by Crippen LogP contribution is -2.46. The monoisotopic (exact) mass is 663 g/mol. The maximum absolute atomic E-state index is 12.3. The molecule has 2 aliphatic heterocycles. The fourth-order valence-corrected chi connectivity index (χ4v) is 6.63. The molecule has 10 atom stereocenters. The molecule has 3 aromatic rings. The first-order chi connectivity index (χ1) is 20.7. The molecule has 0 spiro atoms. The normalized spacial score (nSPS) is 31.6. The van der Waals surface area contributed by atoms with E-state index in [-0.39, 0.29) is 17.0 Å². The van der Waals surface area contributed by atoms with Gasteiger partial charge in [-0.2, -0.15) is 9.55 Å². The average molecular weight is 663 g/mol. The van der Waals surface area contributed by atoms with Crippen molar-refractivity contribution in [3.63, 3.8) is 0 Å². The van der Waals surface area contributed by atoms with E-state index >= 15 is 0 Å². The van der Waals surface area contributed by atoms with Crippen LogP contribution in [0.3, 0.4) is 0 Å². The molecule has 23 heteroatoms. The highest BCUT2D eigenvalue weighted by Crippen LogP contribution is 2.56. The van der Waals surface area contributed by atoms with Crippen molar-refractivity contribution in [3.05, 3.63) is 42.7 Å². The number of carbonyl (C=O) groups is 1. The molecular weight excluding hydrogens is 636 g/mol. The molecule has 0 saturated carbocycles. The van der Waals surface area contributed by atoms with E-state index in [9.17, 15) is 44.1 Å². The van der Waals surface area contributed by atoms with Gasteiger partial charge < -0.3 is 60.2 Å². The summed E-state index contributed by atoms with van der Waals surface area (Å²) in [6, 6.07) is 2.81. The van der Waals surface area contributed by atoms with E-state index in [1.54, 1.807) is 0 Å². The molecule has 240 valence electrons. The summed E-state index contributed by atoms with van der Waals surface area (Å²) in [5.74, 6) is -0.686. The summed E-state index contributed by atoms with van der Waals surface area (Å²) in [5.41, 5.74) is 11.6. The van der Waals surface area contributed by atoms with E-state index in [0.29, 0.717) is 5.52 Å². The van der Waals surface area contributed by atoms with Crippen molar-refractivity contribution in [2.24, 2.45) is 5.73 Å². The van der Waals surface area contributed by atoms with Crippen LogP contribution in [0.4, 0.5) is 5.82 Å². The van der Waals surface area contributed by atoms with Gasteiger partial charge in [0.05, 0.1) is 13.2 Å². The first-order valence-corrected chi connectivity index (χ1v) is 15.5. The predicted molar refractivity (Wildman–Crippen MR) is 134 cm³/mol. The van der Waals surface area contributed by atoms with Crippen molar-refractivity contribution in [1.82, 2.24) is 15.0 Å². The number of hydrogen-bond donors (Lipinski definition) is 7. The Labute approximate surface area is 246 Å². The molecule has 1 amide bonds. The Morgan fingerprint density at radius 3 is 2.20 bits per heavy atom. The Balaban J connectivity index is 1.16. The van der Waals surface area contributed by atoms with E-state index in [1.807, 2.05) is 0 Å². The molecule has 44 heavy (non-hydrogen) atoms. The van der Waals surface area contributed by atoms with Gasteiger partial charge in [-0.1, -0.05) is 4.98 Å². The van der Waals surface area contributed by atoms with Crippen LogP contribution in [0.1, 0.15) is 22.8 Å². The van der Waals surface area contributed by atoms with Gasteiger partial charge >= 0.3 is 5.65 Å². The number of anilines is 1. The number of nitrogens with two attached hydrogens (primary N) is 2. The third kappa shape index (κ3) is 6.65. The molecule has 0 aromatic carbocycles. The number of ether oxygens (including phenoxy) is 2. The Hall–Kier alpha value is -3.01. The Kier molecular flexibility index (Phi) is 9.13. The lowest BCUT2D eigenvalue weighted by atomic mass is 10.1. The molecule has 2 aliphatic rings. The number of aliphatic hydroxyl groups is 4. The van der Waals surface area contributed by atoms with Gasteiger partial charge in [-0.3, -0.25) is 18.9 Å². The minimum Gasteiger partial charge on any atom is -0.756 e. The molecule has 0 radical (unpaired) electrons. The number of nitrogens with zero attached hydrogens (tertiary/aromatic N) is 4. The number of phosphoric ester groups is 2. The van der Waals surface area contributed by atoms with Crippen LogP contribution in [0.15, 0.2) is 37.2 Å². The van der Waals surface area contributed by atoms with Crippen LogP contribution < -0.4 is 30.4 Å². The van der Waals surface area contributed by atoms with E-state index in [1.165, 1.54) is 40.0 Å². The first-order valence-electron chi connectivity index (χ1n) is 12.6. The van der Waals surface area contributed by atoms with E-state index in [0.717, 1.165) is 6.33 Å². The number of H-pyrrole nitrogens is 1. The summed E-state index contributed by atoms with van der Waals surface area (Å²) in [4.78, 5) is 46.6. The van der Waals surface area contributed by atoms with Gasteiger partial charge in [-0.25, -0.2) is 8.88 Å². The third-order valence-electron chi connectivity index (χ3n) is 6.79. The lowest BCUT2D eigenvalue weighted by Gasteiger charge is -2.31. The van der Waals surface area contributed by atoms with Gasteiger partial charge in [-0.15, -0.1) is 0 Å². The number of imidazole rings is 1. The van der Waals surface area contributed by atoms with Crippen LogP contribution in [0.2, 0.25) is 0 Å².